The van der Waals surface area contributed by atoms with Crippen LogP contribution in [0, 0.1) is 0 Å². The van der Waals surface area contributed by atoms with Gasteiger partial charge in [0.1, 0.15) is 11.6 Å². The molecule has 2 aromatic rings. The number of carbonyl (C=O) groups is 2. The highest BCUT2D eigenvalue weighted by Crippen LogP contribution is 2.41. The van der Waals surface area contributed by atoms with E-state index in [9.17, 15) is 24.4 Å². The first-order chi connectivity index (χ1) is 14.4. The number of phenolic OH excluding ortho intramolecular Hbond substituents is 1. The van der Waals surface area contributed by atoms with Crippen LogP contribution in [0.15, 0.2) is 48.5 Å². The summed E-state index contributed by atoms with van der Waals surface area (Å²) in [6.45, 7) is 1.45. The molecule has 0 aliphatic rings. The van der Waals surface area contributed by atoms with E-state index >= 15 is 0 Å². The highest BCUT2D eigenvalue weighted by Gasteiger charge is 2.35. The molecule has 0 heterocycles. The number of carbonyl (C=O) groups excluding carboxylic acids is 1. The van der Waals surface area contributed by atoms with Gasteiger partial charge < -0.3 is 20.1 Å². The van der Waals surface area contributed by atoms with E-state index in [4.69, 9.17) is 15.6 Å². The van der Waals surface area contributed by atoms with Crippen LogP contribution in [0.3, 0.4) is 0 Å². The molecular formula is C19H24N3O8P. The van der Waals surface area contributed by atoms with Crippen LogP contribution in [-0.2, 0) is 27.0 Å². The minimum Gasteiger partial charge on any atom is -0.504 e. The SMILES string of the molecule is C[C@@](Cc1ccc(OP(=O)(O)O)c(O)c1)(NN)C(=O)N[C@@H](Cc1ccccc1)C(=O)O. The Labute approximate surface area is 178 Å². The van der Waals surface area contributed by atoms with Crippen molar-refractivity contribution in [2.45, 2.75) is 31.3 Å². The fourth-order valence-corrected chi connectivity index (χ4v) is 3.26. The molecule has 0 fully saturated rings. The highest BCUT2D eigenvalue weighted by molar-refractivity contribution is 7.46. The van der Waals surface area contributed by atoms with Gasteiger partial charge in [-0.25, -0.2) is 14.8 Å². The molecule has 0 aromatic heterocycles. The number of hydrogen-bond donors (Lipinski definition) is 7. The third-order valence-electron chi connectivity index (χ3n) is 4.50. The molecule has 0 bridgehead atoms. The number of hydrogen-bond acceptors (Lipinski definition) is 7. The van der Waals surface area contributed by atoms with E-state index in [0.717, 1.165) is 17.7 Å². The topological polar surface area (TPSA) is 191 Å². The van der Waals surface area contributed by atoms with Crippen molar-refractivity contribution in [3.05, 3.63) is 59.7 Å². The predicted octanol–water partition coefficient (Wildman–Crippen LogP) is 0.440. The molecule has 1 amide bonds. The number of benzene rings is 2. The Bertz CT molecular complexity index is 981. The second-order valence-corrected chi connectivity index (χ2v) is 8.25. The summed E-state index contributed by atoms with van der Waals surface area (Å²) in [5.41, 5.74) is 2.01. The second-order valence-electron chi connectivity index (χ2n) is 7.09. The molecule has 2 aromatic carbocycles. The van der Waals surface area contributed by atoms with Gasteiger partial charge >= 0.3 is 13.8 Å². The normalized spacial score (nSPS) is 14.3. The van der Waals surface area contributed by atoms with E-state index in [-0.39, 0.29) is 12.8 Å². The zero-order valence-corrected chi connectivity index (χ0v) is 17.5. The van der Waals surface area contributed by atoms with Gasteiger partial charge in [-0.3, -0.25) is 20.4 Å². The van der Waals surface area contributed by atoms with Gasteiger partial charge in [-0.2, -0.15) is 0 Å². The molecule has 0 saturated heterocycles. The maximum Gasteiger partial charge on any atom is 0.524 e. The molecular weight excluding hydrogens is 429 g/mol. The molecule has 12 heteroatoms. The van der Waals surface area contributed by atoms with Crippen LogP contribution in [0.2, 0.25) is 0 Å². The van der Waals surface area contributed by atoms with Crippen molar-refractivity contribution in [2.24, 2.45) is 5.84 Å². The van der Waals surface area contributed by atoms with Crippen LogP contribution < -0.4 is 21.1 Å². The monoisotopic (exact) mass is 453 g/mol. The Morgan fingerprint density at radius 3 is 2.32 bits per heavy atom. The zero-order chi connectivity index (χ0) is 23.2. The van der Waals surface area contributed by atoms with E-state index in [0.29, 0.717) is 5.56 Å². The number of phosphoric acid groups is 1. The summed E-state index contributed by atoms with van der Waals surface area (Å²) in [6.07, 6.45) is -0.00543. The zero-order valence-electron chi connectivity index (χ0n) is 16.6. The smallest absolute Gasteiger partial charge is 0.504 e. The number of rotatable bonds is 10. The lowest BCUT2D eigenvalue weighted by atomic mass is 9.91. The van der Waals surface area contributed by atoms with Gasteiger partial charge in [0.15, 0.2) is 11.5 Å². The summed E-state index contributed by atoms with van der Waals surface area (Å²) in [5, 5.41) is 21.9. The molecule has 0 aliphatic carbocycles. The number of nitrogens with two attached hydrogens (primary N) is 1. The molecule has 0 saturated carbocycles. The number of carboxylic acid groups (broad SMARTS) is 1. The molecule has 0 spiro atoms. The number of aliphatic carboxylic acids is 1. The molecule has 0 unspecified atom stereocenters. The average molecular weight is 453 g/mol. The summed E-state index contributed by atoms with van der Waals surface area (Å²) < 4.78 is 15.3. The fraction of sp³-hybridized carbons (Fsp3) is 0.263. The van der Waals surface area contributed by atoms with Crippen LogP contribution in [-0.4, -0.2) is 43.5 Å². The summed E-state index contributed by atoms with van der Waals surface area (Å²) in [5.74, 6) is 2.68. The lowest BCUT2D eigenvalue weighted by Crippen LogP contribution is -2.61. The third-order valence-corrected chi connectivity index (χ3v) is 4.94. The minimum atomic E-state index is -4.86. The molecule has 168 valence electrons. The van der Waals surface area contributed by atoms with Crippen molar-refractivity contribution in [2.75, 3.05) is 0 Å². The van der Waals surface area contributed by atoms with Crippen molar-refractivity contribution in [3.63, 3.8) is 0 Å². The van der Waals surface area contributed by atoms with Crippen molar-refractivity contribution >= 4 is 19.7 Å². The lowest BCUT2D eigenvalue weighted by Gasteiger charge is -2.29. The van der Waals surface area contributed by atoms with Crippen LogP contribution >= 0.6 is 7.82 Å². The van der Waals surface area contributed by atoms with Crippen LogP contribution in [0.1, 0.15) is 18.1 Å². The Morgan fingerprint density at radius 2 is 1.81 bits per heavy atom. The van der Waals surface area contributed by atoms with E-state index in [1.807, 2.05) is 0 Å². The van der Waals surface area contributed by atoms with E-state index < -0.39 is 42.8 Å². The number of amides is 1. The average Bonchev–Trinajstić information content (AvgIpc) is 2.69. The molecule has 31 heavy (non-hydrogen) atoms. The van der Waals surface area contributed by atoms with Gasteiger partial charge in [-0.1, -0.05) is 36.4 Å². The summed E-state index contributed by atoms with van der Waals surface area (Å²) in [6, 6.07) is 11.3. The number of hydrazine groups is 1. The standard InChI is InChI=1S/C19H24N3O8P/c1-19(22-20,11-13-7-8-16(15(23)10-13)30-31(27,28)29)18(26)21-14(17(24)25)9-12-5-3-2-4-6-12/h2-8,10,14,22-23H,9,11,20H2,1H3,(H,21,26)(H,24,25)(H2,27,28,29)/t14-,19-/m0/s1. The third kappa shape index (κ3) is 7.06. The molecule has 0 radical (unpaired) electrons. The van der Waals surface area contributed by atoms with Crippen LogP contribution in [0.25, 0.3) is 0 Å². The molecule has 8 N–H and O–H groups in total. The second kappa shape index (κ2) is 9.90. The Morgan fingerprint density at radius 1 is 1.16 bits per heavy atom. The maximum absolute atomic E-state index is 12.8. The van der Waals surface area contributed by atoms with E-state index in [2.05, 4.69) is 15.3 Å². The van der Waals surface area contributed by atoms with Crippen LogP contribution in [0.4, 0.5) is 0 Å². The van der Waals surface area contributed by atoms with Gasteiger partial charge in [-0.15, -0.1) is 0 Å². The first kappa shape index (κ1) is 24.3. The lowest BCUT2D eigenvalue weighted by molar-refractivity contribution is -0.142. The molecule has 2 rings (SSSR count). The van der Waals surface area contributed by atoms with Crippen molar-refractivity contribution < 1.29 is 38.7 Å². The number of aromatic hydroxyl groups is 1. The summed E-state index contributed by atoms with van der Waals surface area (Å²) in [7, 11) is -4.86. The quantitative estimate of drug-likeness (QED) is 0.151. The molecule has 2 atom stereocenters. The summed E-state index contributed by atoms with van der Waals surface area (Å²) >= 11 is 0. The first-order valence-corrected chi connectivity index (χ1v) is 10.6. The summed E-state index contributed by atoms with van der Waals surface area (Å²) in [4.78, 5) is 42.2. The number of nitrogens with one attached hydrogen (secondary N) is 2. The van der Waals surface area contributed by atoms with E-state index in [1.54, 1.807) is 30.3 Å². The van der Waals surface area contributed by atoms with Gasteiger partial charge in [-0.05, 0) is 30.2 Å². The molecule has 0 aliphatic heterocycles. The highest BCUT2D eigenvalue weighted by atomic mass is 31.2. The Balaban J connectivity index is 2.16. The fourth-order valence-electron chi connectivity index (χ4n) is 2.85. The van der Waals surface area contributed by atoms with Crippen molar-refractivity contribution in [3.8, 4) is 11.5 Å². The largest absolute Gasteiger partial charge is 0.524 e. The minimum absolute atomic E-state index is 0.0672. The number of carboxylic acids is 1. The van der Waals surface area contributed by atoms with Gasteiger partial charge in [0.2, 0.25) is 5.91 Å². The van der Waals surface area contributed by atoms with Crippen molar-refractivity contribution in [1.29, 1.82) is 0 Å². The Kier molecular flexibility index (Phi) is 7.77. The predicted molar refractivity (Wildman–Crippen MR) is 110 cm³/mol. The van der Waals surface area contributed by atoms with Gasteiger partial charge in [0.05, 0.1) is 0 Å². The van der Waals surface area contributed by atoms with E-state index in [1.165, 1.54) is 13.0 Å². The number of phenols is 1. The van der Waals surface area contributed by atoms with Gasteiger partial charge in [0.25, 0.3) is 0 Å². The van der Waals surface area contributed by atoms with Crippen molar-refractivity contribution in [1.82, 2.24) is 10.7 Å². The molecule has 11 nitrogen and oxygen atoms in total. The maximum atomic E-state index is 12.8. The van der Waals surface area contributed by atoms with Gasteiger partial charge in [0, 0.05) is 12.8 Å². The number of phosphoric ester groups is 1. The first-order valence-electron chi connectivity index (χ1n) is 9.06. The van der Waals surface area contributed by atoms with Crippen LogP contribution in [0.5, 0.6) is 11.5 Å². The Hall–Kier alpha value is -2.95.